The van der Waals surface area contributed by atoms with Crippen molar-refractivity contribution >= 4 is 17.3 Å². The molecular formula is C49H62O7. The normalized spacial score (nSPS) is 16.3. The summed E-state index contributed by atoms with van der Waals surface area (Å²) in [5, 5.41) is 0. The molecule has 1 fully saturated rings. The number of ether oxygens (including phenoxy) is 4. The number of benzene rings is 4. The lowest BCUT2D eigenvalue weighted by Gasteiger charge is -2.23. The maximum Gasteiger partial charge on any atom is 0.189 e. The Morgan fingerprint density at radius 1 is 0.768 bits per heavy atom. The molecule has 0 spiro atoms. The van der Waals surface area contributed by atoms with E-state index in [2.05, 4.69) is 70.7 Å². The van der Waals surface area contributed by atoms with Gasteiger partial charge in [-0.2, -0.15) is 0 Å². The summed E-state index contributed by atoms with van der Waals surface area (Å²) in [4.78, 5) is 35.1. The molecule has 7 nitrogen and oxygen atoms in total. The molecule has 300 valence electrons. The minimum Gasteiger partial charge on any atom is -0.499 e. The molecule has 0 bridgehead atoms. The van der Waals surface area contributed by atoms with E-state index in [1.165, 1.54) is 11.1 Å². The number of carbonyl (C=O) groups excluding carboxylic acids is 3. The van der Waals surface area contributed by atoms with Crippen LogP contribution < -0.4 is 4.74 Å². The highest BCUT2D eigenvalue weighted by Gasteiger charge is 2.37. The fourth-order valence-electron chi connectivity index (χ4n) is 6.23. The van der Waals surface area contributed by atoms with E-state index in [1.54, 1.807) is 13.8 Å². The molecule has 1 saturated heterocycles. The van der Waals surface area contributed by atoms with Crippen LogP contribution in [-0.2, 0) is 19.0 Å². The van der Waals surface area contributed by atoms with Gasteiger partial charge >= 0.3 is 0 Å². The Balaban J connectivity index is 0.000000259. The second-order valence-electron chi connectivity index (χ2n) is 14.4. The van der Waals surface area contributed by atoms with Crippen molar-refractivity contribution in [2.75, 3.05) is 26.6 Å². The monoisotopic (exact) mass is 762 g/mol. The summed E-state index contributed by atoms with van der Waals surface area (Å²) < 4.78 is 21.6. The number of ketones is 3. The molecule has 0 aliphatic carbocycles. The third kappa shape index (κ3) is 14.7. The first kappa shape index (κ1) is 45.5. The molecule has 1 heterocycles. The second kappa shape index (κ2) is 23.9. The Hall–Kier alpha value is -4.85. The third-order valence-electron chi connectivity index (χ3n) is 10.2. The van der Waals surface area contributed by atoms with Crippen LogP contribution in [0.2, 0.25) is 0 Å². The molecule has 0 saturated carbocycles. The maximum atomic E-state index is 12.7. The predicted octanol–water partition coefficient (Wildman–Crippen LogP) is 11.8. The van der Waals surface area contributed by atoms with Gasteiger partial charge in [-0.1, -0.05) is 138 Å². The molecular weight excluding hydrogens is 701 g/mol. The van der Waals surface area contributed by atoms with Gasteiger partial charge in [0.25, 0.3) is 0 Å². The van der Waals surface area contributed by atoms with Crippen molar-refractivity contribution in [3.8, 4) is 28.0 Å². The van der Waals surface area contributed by atoms with Gasteiger partial charge in [-0.3, -0.25) is 14.4 Å². The van der Waals surface area contributed by atoms with E-state index >= 15 is 0 Å². The number of aryl methyl sites for hydroxylation is 1. The van der Waals surface area contributed by atoms with Crippen LogP contribution in [0.3, 0.4) is 0 Å². The van der Waals surface area contributed by atoms with Crippen molar-refractivity contribution < 1.29 is 33.3 Å². The van der Waals surface area contributed by atoms with E-state index in [0.717, 1.165) is 47.5 Å². The predicted molar refractivity (Wildman–Crippen MR) is 227 cm³/mol. The molecule has 1 aliphatic rings. The average Bonchev–Trinajstić information content (AvgIpc) is 3.59. The van der Waals surface area contributed by atoms with Crippen LogP contribution in [0, 0.1) is 24.7 Å². The average molecular weight is 763 g/mol. The van der Waals surface area contributed by atoms with E-state index in [-0.39, 0.29) is 30.7 Å². The summed E-state index contributed by atoms with van der Waals surface area (Å²) in [7, 11) is 0. The minimum absolute atomic E-state index is 0.0537. The van der Waals surface area contributed by atoms with Crippen molar-refractivity contribution in [1.82, 2.24) is 0 Å². The molecule has 1 aliphatic heterocycles. The van der Waals surface area contributed by atoms with Gasteiger partial charge in [0.15, 0.2) is 24.1 Å². The highest BCUT2D eigenvalue weighted by Crippen LogP contribution is 2.35. The Labute approximate surface area is 335 Å². The zero-order valence-electron chi connectivity index (χ0n) is 34.8. The maximum absolute atomic E-state index is 12.7. The lowest BCUT2D eigenvalue weighted by Crippen LogP contribution is -2.25. The molecule has 0 radical (unpaired) electrons. The van der Waals surface area contributed by atoms with E-state index in [9.17, 15) is 14.4 Å². The minimum atomic E-state index is 0.0537. The van der Waals surface area contributed by atoms with Gasteiger partial charge in [-0.25, -0.2) is 0 Å². The van der Waals surface area contributed by atoms with Crippen LogP contribution in [0.25, 0.3) is 22.3 Å². The number of allylic oxidation sites excluding steroid dienone is 1. The largest absolute Gasteiger partial charge is 0.499 e. The van der Waals surface area contributed by atoms with Crippen LogP contribution in [0.5, 0.6) is 5.75 Å². The first-order valence-corrected chi connectivity index (χ1v) is 20.0. The molecule has 56 heavy (non-hydrogen) atoms. The van der Waals surface area contributed by atoms with E-state index in [1.807, 2.05) is 74.5 Å². The summed E-state index contributed by atoms with van der Waals surface area (Å²) in [6.45, 7) is 21.3. The SMILES string of the molecule is C=C(CC)OCC.CCC(=O)COCOc1ccc(-c2ccc(C(C)=O)cc2)cc1.CCC(C)C1OCC(CC(=O)c2ccc(-c3ccc(C)cc3)cc2)C1C. The summed E-state index contributed by atoms with van der Waals surface area (Å²) in [5.74, 6) is 3.23. The van der Waals surface area contributed by atoms with Crippen molar-refractivity contribution in [1.29, 1.82) is 0 Å². The van der Waals surface area contributed by atoms with Gasteiger partial charge in [0.2, 0.25) is 0 Å². The smallest absolute Gasteiger partial charge is 0.189 e. The van der Waals surface area contributed by atoms with Crippen molar-refractivity contribution in [2.24, 2.45) is 17.8 Å². The van der Waals surface area contributed by atoms with E-state index in [0.29, 0.717) is 54.6 Å². The molecule has 7 heteroatoms. The zero-order chi connectivity index (χ0) is 41.0. The zero-order valence-corrected chi connectivity index (χ0v) is 34.8. The summed E-state index contributed by atoms with van der Waals surface area (Å²) >= 11 is 0. The first-order chi connectivity index (χ1) is 26.9. The molecule has 0 amide bonds. The van der Waals surface area contributed by atoms with Gasteiger partial charge in [0, 0.05) is 30.4 Å². The number of hydrogen-bond donors (Lipinski definition) is 0. The fourth-order valence-corrected chi connectivity index (χ4v) is 6.23. The van der Waals surface area contributed by atoms with Gasteiger partial charge < -0.3 is 18.9 Å². The Bertz CT molecular complexity index is 1790. The van der Waals surface area contributed by atoms with Crippen LogP contribution in [-0.4, -0.2) is 50.1 Å². The molecule has 4 unspecified atom stereocenters. The van der Waals surface area contributed by atoms with Crippen LogP contribution in [0.15, 0.2) is 109 Å². The summed E-state index contributed by atoms with van der Waals surface area (Å²) in [5.41, 5.74) is 7.16. The quantitative estimate of drug-likeness (QED) is 0.0458. The topological polar surface area (TPSA) is 88.1 Å². The van der Waals surface area contributed by atoms with Crippen molar-refractivity contribution in [3.63, 3.8) is 0 Å². The Morgan fingerprint density at radius 3 is 1.75 bits per heavy atom. The van der Waals surface area contributed by atoms with Gasteiger partial charge in [0.05, 0.1) is 25.1 Å². The Morgan fingerprint density at radius 2 is 1.29 bits per heavy atom. The van der Waals surface area contributed by atoms with Gasteiger partial charge in [-0.05, 0) is 72.9 Å². The fraction of sp³-hybridized carbons (Fsp3) is 0.408. The third-order valence-corrected chi connectivity index (χ3v) is 10.2. The highest BCUT2D eigenvalue weighted by atomic mass is 16.7. The molecule has 5 rings (SSSR count). The lowest BCUT2D eigenvalue weighted by molar-refractivity contribution is -0.125. The molecule has 4 atom stereocenters. The number of hydrogen-bond acceptors (Lipinski definition) is 7. The summed E-state index contributed by atoms with van der Waals surface area (Å²) in [6.07, 6.45) is 3.39. The number of carbonyl (C=O) groups is 3. The van der Waals surface area contributed by atoms with E-state index < -0.39 is 0 Å². The molecule has 0 aromatic heterocycles. The van der Waals surface area contributed by atoms with Crippen LogP contribution in [0.4, 0.5) is 0 Å². The molecule has 0 N–H and O–H groups in total. The number of rotatable bonds is 17. The van der Waals surface area contributed by atoms with E-state index in [4.69, 9.17) is 18.9 Å². The molecule has 4 aromatic carbocycles. The van der Waals surface area contributed by atoms with Crippen LogP contribution in [0.1, 0.15) is 100 Å². The Kier molecular flexibility index (Phi) is 19.5. The lowest BCUT2D eigenvalue weighted by atomic mass is 9.82. The molecule has 4 aromatic rings. The van der Waals surface area contributed by atoms with Gasteiger partial charge in [0.1, 0.15) is 12.4 Å². The summed E-state index contributed by atoms with van der Waals surface area (Å²) in [6, 6.07) is 31.6. The van der Waals surface area contributed by atoms with Crippen LogP contribution >= 0.6 is 0 Å². The highest BCUT2D eigenvalue weighted by molar-refractivity contribution is 5.96. The van der Waals surface area contributed by atoms with Crippen molar-refractivity contribution in [2.45, 2.75) is 87.2 Å². The van der Waals surface area contributed by atoms with Crippen molar-refractivity contribution in [3.05, 3.63) is 126 Å². The second-order valence-corrected chi connectivity index (χ2v) is 14.4. The number of Topliss-reactive ketones (excluding diaryl/α,β-unsaturated/α-hetero) is 3. The standard InChI is InChI=1S/C24H30O2.C19H20O4.C6H12O/c1-5-17(3)24-18(4)22(15-26-24)14-23(25)21-12-10-20(11-13-21)19-8-6-16(2)7-9-19;1-3-18(21)12-22-13-23-19-10-8-17(9-11-19)16-6-4-15(5-7-16)14(2)20;1-4-6(3)7-5-2/h6-13,17-18,22,24H,5,14-15H2,1-4H3;4-11H,3,12-13H2,1-2H3;3-5H2,1-2H3. The van der Waals surface area contributed by atoms with Gasteiger partial charge in [-0.15, -0.1) is 0 Å². The first-order valence-electron chi connectivity index (χ1n) is 20.0.